The fourth-order valence-electron chi connectivity index (χ4n) is 3.09. The Kier molecular flexibility index (Phi) is 5.20. The van der Waals surface area contributed by atoms with Crippen molar-refractivity contribution in [2.75, 3.05) is 16.8 Å². The Morgan fingerprint density at radius 1 is 1.10 bits per heavy atom. The van der Waals surface area contributed by atoms with Crippen LogP contribution in [0.4, 0.5) is 15.8 Å². The first-order chi connectivity index (χ1) is 14.1. The molecule has 29 heavy (non-hydrogen) atoms. The molecule has 1 aromatic heterocycles. The predicted octanol–water partition coefficient (Wildman–Crippen LogP) is 4.39. The second kappa shape index (κ2) is 8.10. The van der Waals surface area contributed by atoms with Crippen LogP contribution in [0.25, 0.3) is 0 Å². The standard InChI is InChI=1S/C22H18FN3O3/c23-18-13-16(9-10-19(18)26-12-4-7-21(26)27)25-22(28)15-8-11-20(24-14-15)29-17-5-2-1-3-6-17/h1-3,5-6,8-11,13-14H,4,7,12H2,(H,25,28). The van der Waals surface area contributed by atoms with Gasteiger partial charge in [0.05, 0.1) is 11.3 Å². The summed E-state index contributed by atoms with van der Waals surface area (Å²) in [6, 6.07) is 16.6. The Bertz CT molecular complexity index is 1040. The van der Waals surface area contributed by atoms with Gasteiger partial charge in [0.2, 0.25) is 11.8 Å². The monoisotopic (exact) mass is 391 g/mol. The van der Waals surface area contributed by atoms with Crippen LogP contribution in [0, 0.1) is 5.82 Å². The first kappa shape index (κ1) is 18.6. The second-order valence-electron chi connectivity index (χ2n) is 6.57. The molecule has 6 nitrogen and oxygen atoms in total. The van der Waals surface area contributed by atoms with Gasteiger partial charge >= 0.3 is 0 Å². The van der Waals surface area contributed by atoms with E-state index in [4.69, 9.17) is 4.74 Å². The van der Waals surface area contributed by atoms with E-state index in [1.807, 2.05) is 18.2 Å². The smallest absolute Gasteiger partial charge is 0.257 e. The van der Waals surface area contributed by atoms with Crippen molar-refractivity contribution in [2.24, 2.45) is 0 Å². The molecule has 3 aromatic rings. The van der Waals surface area contributed by atoms with Crippen LogP contribution in [-0.2, 0) is 4.79 Å². The van der Waals surface area contributed by atoms with Crippen molar-refractivity contribution in [1.29, 1.82) is 0 Å². The summed E-state index contributed by atoms with van der Waals surface area (Å²) in [4.78, 5) is 29.8. The molecule has 4 rings (SSSR count). The van der Waals surface area contributed by atoms with Crippen LogP contribution in [-0.4, -0.2) is 23.3 Å². The Morgan fingerprint density at radius 2 is 1.93 bits per heavy atom. The number of carbonyl (C=O) groups is 2. The maximum atomic E-state index is 14.4. The Balaban J connectivity index is 1.42. The van der Waals surface area contributed by atoms with Gasteiger partial charge in [-0.2, -0.15) is 0 Å². The van der Waals surface area contributed by atoms with Crippen molar-refractivity contribution in [3.63, 3.8) is 0 Å². The number of pyridine rings is 1. The number of rotatable bonds is 5. The van der Waals surface area contributed by atoms with Gasteiger partial charge in [0.15, 0.2) is 0 Å². The molecule has 2 aromatic carbocycles. The maximum Gasteiger partial charge on any atom is 0.257 e. The highest BCUT2D eigenvalue weighted by atomic mass is 19.1. The molecule has 1 aliphatic heterocycles. The van der Waals surface area contributed by atoms with E-state index in [1.165, 1.54) is 23.2 Å². The van der Waals surface area contributed by atoms with Gasteiger partial charge in [0, 0.05) is 30.9 Å². The van der Waals surface area contributed by atoms with E-state index in [0.29, 0.717) is 42.3 Å². The van der Waals surface area contributed by atoms with Crippen LogP contribution >= 0.6 is 0 Å². The van der Waals surface area contributed by atoms with Gasteiger partial charge in [0.1, 0.15) is 11.6 Å². The van der Waals surface area contributed by atoms with Crippen molar-refractivity contribution < 1.29 is 18.7 Å². The number of nitrogens with zero attached hydrogens (tertiary/aromatic N) is 2. The van der Waals surface area contributed by atoms with E-state index in [2.05, 4.69) is 10.3 Å². The van der Waals surface area contributed by atoms with Gasteiger partial charge in [-0.3, -0.25) is 9.59 Å². The fraction of sp³-hybridized carbons (Fsp3) is 0.136. The number of para-hydroxylation sites is 1. The normalized spacial score (nSPS) is 13.4. The number of aromatic nitrogens is 1. The number of hydrogen-bond acceptors (Lipinski definition) is 4. The van der Waals surface area contributed by atoms with Crippen molar-refractivity contribution in [2.45, 2.75) is 12.8 Å². The van der Waals surface area contributed by atoms with Crippen LogP contribution in [0.1, 0.15) is 23.2 Å². The number of ether oxygens (including phenoxy) is 1. The average molecular weight is 391 g/mol. The Morgan fingerprint density at radius 3 is 2.59 bits per heavy atom. The third-order valence-corrected chi connectivity index (χ3v) is 4.53. The summed E-state index contributed by atoms with van der Waals surface area (Å²) >= 11 is 0. The largest absolute Gasteiger partial charge is 0.439 e. The lowest BCUT2D eigenvalue weighted by Crippen LogP contribution is -2.24. The molecule has 1 aliphatic rings. The molecule has 0 radical (unpaired) electrons. The molecule has 1 saturated heterocycles. The molecule has 7 heteroatoms. The summed E-state index contributed by atoms with van der Waals surface area (Å²) in [6.07, 6.45) is 2.53. The minimum absolute atomic E-state index is 0.0930. The molecule has 2 amide bonds. The molecule has 0 unspecified atom stereocenters. The molecular weight excluding hydrogens is 373 g/mol. The second-order valence-corrected chi connectivity index (χ2v) is 6.57. The van der Waals surface area contributed by atoms with Gasteiger partial charge in [-0.05, 0) is 42.8 Å². The molecule has 2 heterocycles. The fourth-order valence-corrected chi connectivity index (χ4v) is 3.09. The van der Waals surface area contributed by atoms with Crippen molar-refractivity contribution in [3.8, 4) is 11.6 Å². The van der Waals surface area contributed by atoms with E-state index in [9.17, 15) is 14.0 Å². The maximum absolute atomic E-state index is 14.4. The van der Waals surface area contributed by atoms with Crippen molar-refractivity contribution >= 4 is 23.2 Å². The molecule has 146 valence electrons. The lowest BCUT2D eigenvalue weighted by molar-refractivity contribution is -0.117. The molecule has 1 N–H and O–H groups in total. The van der Waals surface area contributed by atoms with Crippen LogP contribution in [0.2, 0.25) is 0 Å². The molecule has 1 fully saturated rings. The molecule has 0 aliphatic carbocycles. The van der Waals surface area contributed by atoms with Crippen LogP contribution in [0.5, 0.6) is 11.6 Å². The highest BCUT2D eigenvalue weighted by molar-refractivity contribution is 6.04. The van der Waals surface area contributed by atoms with Crippen LogP contribution < -0.4 is 15.0 Å². The zero-order valence-corrected chi connectivity index (χ0v) is 15.5. The minimum Gasteiger partial charge on any atom is -0.439 e. The number of benzene rings is 2. The highest BCUT2D eigenvalue weighted by Crippen LogP contribution is 2.27. The number of nitrogens with one attached hydrogen (secondary N) is 1. The lowest BCUT2D eigenvalue weighted by Gasteiger charge is -2.17. The van der Waals surface area contributed by atoms with Gasteiger partial charge in [-0.15, -0.1) is 0 Å². The summed E-state index contributed by atoms with van der Waals surface area (Å²) in [5.74, 6) is -0.0665. The third kappa shape index (κ3) is 4.24. The van der Waals surface area contributed by atoms with Crippen molar-refractivity contribution in [1.82, 2.24) is 4.98 Å². The summed E-state index contributed by atoms with van der Waals surface area (Å²) in [6.45, 7) is 0.504. The van der Waals surface area contributed by atoms with E-state index >= 15 is 0 Å². The summed E-state index contributed by atoms with van der Waals surface area (Å²) in [5, 5.41) is 2.63. The average Bonchev–Trinajstić information content (AvgIpc) is 3.15. The zero-order chi connectivity index (χ0) is 20.2. The van der Waals surface area contributed by atoms with Crippen LogP contribution in [0.3, 0.4) is 0 Å². The molecular formula is C22H18FN3O3. The van der Waals surface area contributed by atoms with E-state index in [0.717, 1.165) is 0 Å². The van der Waals surface area contributed by atoms with Crippen LogP contribution in [0.15, 0.2) is 66.9 Å². The first-order valence-corrected chi connectivity index (χ1v) is 9.20. The lowest BCUT2D eigenvalue weighted by atomic mass is 10.2. The molecule has 0 spiro atoms. The number of anilines is 2. The molecule has 0 atom stereocenters. The summed E-state index contributed by atoms with van der Waals surface area (Å²) in [5.41, 5.74) is 0.840. The van der Waals surface area contributed by atoms with E-state index in [-0.39, 0.29) is 11.6 Å². The van der Waals surface area contributed by atoms with E-state index < -0.39 is 11.7 Å². The number of amides is 2. The third-order valence-electron chi connectivity index (χ3n) is 4.53. The topological polar surface area (TPSA) is 71.5 Å². The van der Waals surface area contributed by atoms with Gasteiger partial charge < -0.3 is 15.0 Å². The number of hydrogen-bond donors (Lipinski definition) is 1. The SMILES string of the molecule is O=C(Nc1ccc(N2CCCC2=O)c(F)c1)c1ccc(Oc2ccccc2)nc1. The Hall–Kier alpha value is -3.74. The van der Waals surface area contributed by atoms with Gasteiger partial charge in [-0.25, -0.2) is 9.37 Å². The van der Waals surface area contributed by atoms with Gasteiger partial charge in [0.25, 0.3) is 5.91 Å². The van der Waals surface area contributed by atoms with E-state index in [1.54, 1.807) is 30.3 Å². The molecule has 0 saturated carbocycles. The van der Waals surface area contributed by atoms with Crippen molar-refractivity contribution in [3.05, 3.63) is 78.2 Å². The quantitative estimate of drug-likeness (QED) is 0.700. The number of carbonyl (C=O) groups excluding carboxylic acids is 2. The van der Waals surface area contributed by atoms with Gasteiger partial charge in [-0.1, -0.05) is 18.2 Å². The molecule has 0 bridgehead atoms. The highest BCUT2D eigenvalue weighted by Gasteiger charge is 2.24. The zero-order valence-electron chi connectivity index (χ0n) is 15.5. The predicted molar refractivity (Wildman–Crippen MR) is 107 cm³/mol. The summed E-state index contributed by atoms with van der Waals surface area (Å²) < 4.78 is 20.0. The number of halogens is 1. The minimum atomic E-state index is -0.553. The Labute approximate surface area is 166 Å². The first-order valence-electron chi connectivity index (χ1n) is 9.20. The summed E-state index contributed by atoms with van der Waals surface area (Å²) in [7, 11) is 0.